The zero-order valence-corrected chi connectivity index (χ0v) is 20.5. The lowest BCUT2D eigenvalue weighted by Gasteiger charge is -2.20. The molecule has 3 aromatic carbocycles. The van der Waals surface area contributed by atoms with Crippen molar-refractivity contribution in [3.05, 3.63) is 99.2 Å². The number of anilines is 1. The number of carbonyl (C=O) groups excluding carboxylic acids is 2. The zero-order chi connectivity index (χ0) is 26.6. The molecule has 0 atom stereocenters. The molecule has 1 aromatic heterocycles. The Morgan fingerprint density at radius 1 is 1.03 bits per heavy atom. The van der Waals surface area contributed by atoms with Gasteiger partial charge in [-0.15, -0.1) is 0 Å². The van der Waals surface area contributed by atoms with Gasteiger partial charge in [-0.05, 0) is 55.3 Å². The highest BCUT2D eigenvalue weighted by Gasteiger charge is 2.38. The number of hydrogen-bond donors (Lipinski definition) is 1. The van der Waals surface area contributed by atoms with Crippen molar-refractivity contribution in [2.75, 3.05) is 4.90 Å². The summed E-state index contributed by atoms with van der Waals surface area (Å²) in [4.78, 5) is 26.4. The van der Waals surface area contributed by atoms with Gasteiger partial charge < -0.3 is 10.6 Å². The highest BCUT2D eigenvalue weighted by molar-refractivity contribution is 6.31. The normalized spacial score (nSPS) is 13.2. The van der Waals surface area contributed by atoms with Crippen molar-refractivity contribution in [3.63, 3.8) is 0 Å². The van der Waals surface area contributed by atoms with E-state index in [1.54, 1.807) is 28.9 Å². The zero-order valence-electron chi connectivity index (χ0n) is 19.7. The van der Waals surface area contributed by atoms with Crippen molar-refractivity contribution < 1.29 is 22.8 Å². The van der Waals surface area contributed by atoms with Crippen molar-refractivity contribution >= 4 is 29.1 Å². The lowest BCUT2D eigenvalue weighted by molar-refractivity contribution is -0.137. The number of alkyl halides is 3. The monoisotopic (exact) mass is 524 g/mol. The second-order valence-electron chi connectivity index (χ2n) is 8.82. The fourth-order valence-electron chi connectivity index (χ4n) is 4.63. The summed E-state index contributed by atoms with van der Waals surface area (Å²) in [5.41, 5.74) is 9.80. The van der Waals surface area contributed by atoms with Gasteiger partial charge in [0, 0.05) is 22.4 Å². The van der Waals surface area contributed by atoms with E-state index < -0.39 is 28.6 Å². The quantitative estimate of drug-likeness (QED) is 0.351. The number of nitrogens with zero attached hydrogens (tertiary/aromatic N) is 3. The number of primary amides is 1. The predicted octanol–water partition coefficient (Wildman–Crippen LogP) is 6.09. The minimum Gasteiger partial charge on any atom is -0.366 e. The van der Waals surface area contributed by atoms with Crippen molar-refractivity contribution in [3.8, 4) is 16.9 Å². The first-order valence-corrected chi connectivity index (χ1v) is 11.6. The number of para-hydroxylation sites is 1. The molecule has 0 fully saturated rings. The molecular formula is C27H20ClF3N4O2. The van der Waals surface area contributed by atoms with Crippen molar-refractivity contribution in [2.45, 2.75) is 26.6 Å². The standard InChI is InChI=1S/C27H20ClF3N4O2/c1-14-4-3-5-15(2)23(14)35-24(16-6-8-17(9-7-16)25(32)36)19-13-34(26(37)22(19)33-35)18-10-11-20(21(28)12-18)27(29,30)31/h3-12H,13H2,1-2H3,(H2,32,36). The number of aromatic nitrogens is 2. The Morgan fingerprint density at radius 2 is 1.68 bits per heavy atom. The molecule has 0 saturated heterocycles. The first kappa shape index (κ1) is 24.6. The third-order valence-electron chi connectivity index (χ3n) is 6.41. The van der Waals surface area contributed by atoms with Gasteiger partial charge in [-0.3, -0.25) is 9.59 Å². The van der Waals surface area contributed by atoms with E-state index in [0.29, 0.717) is 22.4 Å². The van der Waals surface area contributed by atoms with Crippen LogP contribution >= 0.6 is 11.6 Å². The van der Waals surface area contributed by atoms with Crippen molar-refractivity contribution in [1.82, 2.24) is 9.78 Å². The summed E-state index contributed by atoms with van der Waals surface area (Å²) in [7, 11) is 0. The second-order valence-corrected chi connectivity index (χ2v) is 9.23. The van der Waals surface area contributed by atoms with Crippen LogP contribution in [0.3, 0.4) is 0 Å². The molecule has 0 radical (unpaired) electrons. The number of nitrogens with two attached hydrogens (primary N) is 1. The first-order chi connectivity index (χ1) is 17.5. The molecule has 5 rings (SSSR count). The first-order valence-electron chi connectivity index (χ1n) is 11.2. The Labute approximate surface area is 215 Å². The molecule has 2 amide bonds. The number of carbonyl (C=O) groups is 2. The van der Waals surface area contributed by atoms with E-state index in [4.69, 9.17) is 17.3 Å². The third kappa shape index (κ3) is 4.15. The Kier molecular flexibility index (Phi) is 5.83. The third-order valence-corrected chi connectivity index (χ3v) is 6.72. The van der Waals surface area contributed by atoms with Crippen LogP contribution in [0.2, 0.25) is 5.02 Å². The average molecular weight is 525 g/mol. The molecule has 0 saturated carbocycles. The lowest BCUT2D eigenvalue weighted by atomic mass is 10.0. The number of fused-ring (bicyclic) bond motifs is 1. The fraction of sp³-hybridized carbons (Fsp3) is 0.148. The van der Waals surface area contributed by atoms with Gasteiger partial charge in [-0.1, -0.05) is 41.9 Å². The molecule has 4 aromatic rings. The summed E-state index contributed by atoms with van der Waals surface area (Å²) in [6, 6.07) is 15.7. The molecule has 10 heteroatoms. The minimum absolute atomic E-state index is 0.0771. The van der Waals surface area contributed by atoms with Crippen molar-refractivity contribution in [2.24, 2.45) is 5.73 Å². The molecule has 188 valence electrons. The van der Waals surface area contributed by atoms with Crippen molar-refractivity contribution in [1.29, 1.82) is 0 Å². The van der Waals surface area contributed by atoms with Crippen LogP contribution in [-0.2, 0) is 12.7 Å². The lowest BCUT2D eigenvalue weighted by Crippen LogP contribution is -2.25. The van der Waals surface area contributed by atoms with Crippen LogP contribution in [0.15, 0.2) is 60.7 Å². The number of aryl methyl sites for hydroxylation is 2. The maximum Gasteiger partial charge on any atom is 0.417 e. The molecule has 0 spiro atoms. The summed E-state index contributed by atoms with van der Waals surface area (Å²) < 4.78 is 41.3. The highest BCUT2D eigenvalue weighted by atomic mass is 35.5. The largest absolute Gasteiger partial charge is 0.417 e. The summed E-state index contributed by atoms with van der Waals surface area (Å²) >= 11 is 5.92. The Balaban J connectivity index is 1.65. The molecule has 0 bridgehead atoms. The van der Waals surface area contributed by atoms with Gasteiger partial charge in [-0.2, -0.15) is 18.3 Å². The van der Waals surface area contributed by atoms with Gasteiger partial charge in [0.15, 0.2) is 5.69 Å². The van der Waals surface area contributed by atoms with Gasteiger partial charge in [-0.25, -0.2) is 4.68 Å². The van der Waals surface area contributed by atoms with Crippen LogP contribution in [0.25, 0.3) is 16.9 Å². The molecule has 2 N–H and O–H groups in total. The van der Waals surface area contributed by atoms with E-state index in [0.717, 1.165) is 28.9 Å². The SMILES string of the molecule is Cc1cccc(C)c1-n1nc2c(c1-c1ccc(C(N)=O)cc1)CN(c1ccc(C(F)(F)F)c(Cl)c1)C2=O. The van der Waals surface area contributed by atoms with E-state index in [1.807, 2.05) is 32.0 Å². The van der Waals surface area contributed by atoms with E-state index in [9.17, 15) is 22.8 Å². The van der Waals surface area contributed by atoms with E-state index in [2.05, 4.69) is 5.10 Å². The Morgan fingerprint density at radius 3 is 2.24 bits per heavy atom. The van der Waals surface area contributed by atoms with Crippen LogP contribution < -0.4 is 10.6 Å². The van der Waals surface area contributed by atoms with E-state index in [1.165, 1.54) is 11.0 Å². The van der Waals surface area contributed by atoms with Crippen LogP contribution in [0.1, 0.15) is 43.1 Å². The molecule has 0 aliphatic carbocycles. The summed E-state index contributed by atoms with van der Waals surface area (Å²) in [6.07, 6.45) is -4.61. The molecule has 2 heterocycles. The number of amides is 2. The Hall–Kier alpha value is -4.11. The molecule has 0 unspecified atom stereocenters. The molecular weight excluding hydrogens is 505 g/mol. The van der Waals surface area contributed by atoms with Crippen LogP contribution in [0, 0.1) is 13.8 Å². The molecule has 1 aliphatic rings. The maximum absolute atomic E-state index is 13.5. The Bertz CT molecular complexity index is 1560. The van der Waals surface area contributed by atoms with Crippen LogP contribution in [0.4, 0.5) is 18.9 Å². The smallest absolute Gasteiger partial charge is 0.366 e. The second kappa shape index (κ2) is 8.77. The highest BCUT2D eigenvalue weighted by Crippen LogP contribution is 2.41. The summed E-state index contributed by atoms with van der Waals surface area (Å²) in [5.74, 6) is -1.02. The number of benzene rings is 3. The van der Waals surface area contributed by atoms with Gasteiger partial charge in [0.2, 0.25) is 5.91 Å². The summed E-state index contributed by atoms with van der Waals surface area (Å²) in [6.45, 7) is 3.95. The maximum atomic E-state index is 13.5. The topological polar surface area (TPSA) is 81.2 Å². The van der Waals surface area contributed by atoms with Gasteiger partial charge in [0.05, 0.1) is 28.5 Å². The number of halogens is 4. The summed E-state index contributed by atoms with van der Waals surface area (Å²) in [5, 5.41) is 4.18. The van der Waals surface area contributed by atoms with Gasteiger partial charge in [0.1, 0.15) is 0 Å². The molecule has 37 heavy (non-hydrogen) atoms. The van der Waals surface area contributed by atoms with E-state index in [-0.39, 0.29) is 17.9 Å². The van der Waals surface area contributed by atoms with Gasteiger partial charge in [0.25, 0.3) is 5.91 Å². The fourth-order valence-corrected chi connectivity index (χ4v) is 4.91. The van der Waals surface area contributed by atoms with Crippen LogP contribution in [0.5, 0.6) is 0 Å². The van der Waals surface area contributed by atoms with Crippen LogP contribution in [-0.4, -0.2) is 21.6 Å². The number of hydrogen-bond acceptors (Lipinski definition) is 3. The minimum atomic E-state index is -4.61. The molecule has 1 aliphatic heterocycles. The van der Waals surface area contributed by atoms with E-state index >= 15 is 0 Å². The number of rotatable bonds is 4. The van der Waals surface area contributed by atoms with Gasteiger partial charge >= 0.3 is 6.18 Å². The molecule has 6 nitrogen and oxygen atoms in total. The predicted molar refractivity (Wildman–Crippen MR) is 134 cm³/mol. The average Bonchev–Trinajstić information content (AvgIpc) is 3.34.